The van der Waals surface area contributed by atoms with E-state index in [1.807, 2.05) is 0 Å². The minimum absolute atomic E-state index is 0.0963. The number of nitrogens with one attached hydrogen (secondary N) is 1. The van der Waals surface area contributed by atoms with E-state index in [9.17, 15) is 9.90 Å². The Labute approximate surface area is 104 Å². The van der Waals surface area contributed by atoms with Crippen LogP contribution < -0.4 is 5.32 Å². The average Bonchev–Trinajstić information content (AvgIpc) is 2.36. The molecule has 1 atom stereocenters. The molecule has 4 heteroatoms. The van der Waals surface area contributed by atoms with Crippen LogP contribution in [0.1, 0.15) is 46.0 Å². The Hall–Kier alpha value is -0.610. The first-order chi connectivity index (χ1) is 8.21. The minimum atomic E-state index is 0.0963. The monoisotopic (exact) mass is 242 g/mol. The molecule has 1 aliphatic rings. The molecule has 1 rings (SSSR count). The van der Waals surface area contributed by atoms with E-state index >= 15 is 0 Å². The van der Waals surface area contributed by atoms with Crippen LogP contribution in [0.2, 0.25) is 0 Å². The Morgan fingerprint density at radius 1 is 1.41 bits per heavy atom. The number of carbonyl (C=O) groups excluding carboxylic acids is 1. The lowest BCUT2D eigenvalue weighted by Gasteiger charge is -2.34. The molecule has 1 fully saturated rings. The third kappa shape index (κ3) is 4.64. The smallest absolute Gasteiger partial charge is 0.234 e. The fourth-order valence-corrected chi connectivity index (χ4v) is 2.43. The van der Waals surface area contributed by atoms with E-state index < -0.39 is 0 Å². The standard InChI is InChI=1S/C13H26N2O2/c1-3-11(4-2)14-13(17)9-15-8-6-5-7-12(15)10-16/h11-12,16H,3-10H2,1-2H3,(H,14,17). The molecule has 0 aliphatic carbocycles. The molecule has 0 spiro atoms. The van der Waals surface area contributed by atoms with Crippen LogP contribution in [0.4, 0.5) is 0 Å². The van der Waals surface area contributed by atoms with Crippen molar-refractivity contribution in [3.63, 3.8) is 0 Å². The molecule has 0 radical (unpaired) electrons. The SMILES string of the molecule is CCC(CC)NC(=O)CN1CCCCC1CO. The summed E-state index contributed by atoms with van der Waals surface area (Å²) in [5.74, 6) is 0.0963. The van der Waals surface area contributed by atoms with Crippen molar-refractivity contribution in [3.8, 4) is 0 Å². The predicted octanol–water partition coefficient (Wildman–Crippen LogP) is 1.14. The number of hydrogen-bond acceptors (Lipinski definition) is 3. The van der Waals surface area contributed by atoms with E-state index in [1.165, 1.54) is 0 Å². The molecule has 0 bridgehead atoms. The molecule has 1 unspecified atom stereocenters. The summed E-state index contributed by atoms with van der Waals surface area (Å²) in [6.45, 7) is 5.71. The van der Waals surface area contributed by atoms with Gasteiger partial charge in [0.15, 0.2) is 0 Å². The van der Waals surface area contributed by atoms with Crippen molar-refractivity contribution in [2.75, 3.05) is 19.7 Å². The Kier molecular flexibility index (Phi) is 6.52. The summed E-state index contributed by atoms with van der Waals surface area (Å²) in [4.78, 5) is 14.0. The molecular formula is C13H26N2O2. The summed E-state index contributed by atoms with van der Waals surface area (Å²) in [6.07, 6.45) is 5.26. The van der Waals surface area contributed by atoms with Gasteiger partial charge in [0.2, 0.25) is 5.91 Å². The Balaban J connectivity index is 2.38. The molecule has 1 saturated heterocycles. The van der Waals surface area contributed by atoms with Crippen LogP contribution >= 0.6 is 0 Å². The van der Waals surface area contributed by atoms with Gasteiger partial charge in [-0.15, -0.1) is 0 Å². The molecule has 17 heavy (non-hydrogen) atoms. The lowest BCUT2D eigenvalue weighted by Crippen LogP contribution is -2.48. The van der Waals surface area contributed by atoms with Gasteiger partial charge in [-0.25, -0.2) is 0 Å². The number of carbonyl (C=O) groups is 1. The molecule has 100 valence electrons. The van der Waals surface area contributed by atoms with E-state index in [0.717, 1.165) is 38.6 Å². The van der Waals surface area contributed by atoms with Gasteiger partial charge in [-0.2, -0.15) is 0 Å². The zero-order valence-electron chi connectivity index (χ0n) is 11.1. The lowest BCUT2D eigenvalue weighted by molar-refractivity contribution is -0.124. The summed E-state index contributed by atoms with van der Waals surface area (Å²) in [6, 6.07) is 0.469. The summed E-state index contributed by atoms with van der Waals surface area (Å²) in [5, 5.41) is 12.3. The molecule has 1 amide bonds. The van der Waals surface area contributed by atoms with Gasteiger partial charge in [-0.05, 0) is 32.2 Å². The van der Waals surface area contributed by atoms with Crippen LogP contribution in [0, 0.1) is 0 Å². The first-order valence-electron chi connectivity index (χ1n) is 6.85. The molecule has 1 heterocycles. The molecule has 0 saturated carbocycles. The van der Waals surface area contributed by atoms with Crippen molar-refractivity contribution in [2.24, 2.45) is 0 Å². The quantitative estimate of drug-likeness (QED) is 0.734. The molecular weight excluding hydrogens is 216 g/mol. The van der Waals surface area contributed by atoms with Gasteiger partial charge in [-0.3, -0.25) is 9.69 Å². The highest BCUT2D eigenvalue weighted by Gasteiger charge is 2.23. The average molecular weight is 242 g/mol. The number of aliphatic hydroxyl groups excluding tert-OH is 1. The summed E-state index contributed by atoms with van der Waals surface area (Å²) >= 11 is 0. The van der Waals surface area contributed by atoms with Gasteiger partial charge in [-0.1, -0.05) is 20.3 Å². The summed E-state index contributed by atoms with van der Waals surface area (Å²) < 4.78 is 0. The second-order valence-corrected chi connectivity index (χ2v) is 4.88. The maximum Gasteiger partial charge on any atom is 0.234 e. The van der Waals surface area contributed by atoms with Crippen molar-refractivity contribution in [3.05, 3.63) is 0 Å². The van der Waals surface area contributed by atoms with E-state index in [-0.39, 0.29) is 18.6 Å². The van der Waals surface area contributed by atoms with Crippen LogP contribution in [0.3, 0.4) is 0 Å². The highest BCUT2D eigenvalue weighted by atomic mass is 16.3. The van der Waals surface area contributed by atoms with Gasteiger partial charge < -0.3 is 10.4 Å². The molecule has 0 aromatic rings. The van der Waals surface area contributed by atoms with Crippen molar-refractivity contribution in [1.29, 1.82) is 0 Å². The number of likely N-dealkylation sites (tertiary alicyclic amines) is 1. The Morgan fingerprint density at radius 3 is 2.71 bits per heavy atom. The Morgan fingerprint density at radius 2 is 2.12 bits per heavy atom. The highest BCUT2D eigenvalue weighted by Crippen LogP contribution is 2.15. The topological polar surface area (TPSA) is 52.6 Å². The van der Waals surface area contributed by atoms with Crippen LogP contribution in [0.15, 0.2) is 0 Å². The van der Waals surface area contributed by atoms with E-state index in [2.05, 4.69) is 24.1 Å². The van der Waals surface area contributed by atoms with Crippen molar-refractivity contribution in [1.82, 2.24) is 10.2 Å². The maximum atomic E-state index is 11.9. The normalized spacial score (nSPS) is 21.8. The molecule has 0 aromatic carbocycles. The summed E-state index contributed by atoms with van der Waals surface area (Å²) in [5.41, 5.74) is 0. The fourth-order valence-electron chi connectivity index (χ4n) is 2.43. The lowest BCUT2D eigenvalue weighted by atomic mass is 10.0. The van der Waals surface area contributed by atoms with Crippen LogP contribution in [0.5, 0.6) is 0 Å². The molecule has 1 aliphatic heterocycles. The number of aliphatic hydroxyl groups is 1. The second-order valence-electron chi connectivity index (χ2n) is 4.88. The van der Waals surface area contributed by atoms with Gasteiger partial charge in [0.05, 0.1) is 13.2 Å². The zero-order chi connectivity index (χ0) is 12.7. The van der Waals surface area contributed by atoms with Crippen molar-refractivity contribution in [2.45, 2.75) is 58.0 Å². The molecule has 0 aromatic heterocycles. The number of nitrogens with zero attached hydrogens (tertiary/aromatic N) is 1. The second kappa shape index (κ2) is 7.67. The van der Waals surface area contributed by atoms with Gasteiger partial charge in [0.25, 0.3) is 0 Å². The van der Waals surface area contributed by atoms with Gasteiger partial charge in [0, 0.05) is 12.1 Å². The van der Waals surface area contributed by atoms with Crippen molar-refractivity contribution < 1.29 is 9.90 Å². The van der Waals surface area contributed by atoms with Gasteiger partial charge in [0.1, 0.15) is 0 Å². The van der Waals surface area contributed by atoms with Crippen LogP contribution in [0.25, 0.3) is 0 Å². The van der Waals surface area contributed by atoms with Gasteiger partial charge >= 0.3 is 0 Å². The number of hydrogen-bond donors (Lipinski definition) is 2. The third-order valence-corrected chi connectivity index (χ3v) is 3.66. The minimum Gasteiger partial charge on any atom is -0.395 e. The number of piperidine rings is 1. The largest absolute Gasteiger partial charge is 0.395 e. The fraction of sp³-hybridized carbons (Fsp3) is 0.923. The maximum absolute atomic E-state index is 11.9. The molecule has 2 N–H and O–H groups in total. The van der Waals surface area contributed by atoms with Crippen LogP contribution in [-0.2, 0) is 4.79 Å². The molecule has 4 nitrogen and oxygen atoms in total. The van der Waals surface area contributed by atoms with Crippen LogP contribution in [-0.4, -0.2) is 47.7 Å². The zero-order valence-corrected chi connectivity index (χ0v) is 11.1. The highest BCUT2D eigenvalue weighted by molar-refractivity contribution is 5.78. The first-order valence-corrected chi connectivity index (χ1v) is 6.85. The number of amides is 1. The van der Waals surface area contributed by atoms with E-state index in [1.54, 1.807) is 0 Å². The number of rotatable bonds is 6. The van der Waals surface area contributed by atoms with E-state index in [0.29, 0.717) is 12.6 Å². The predicted molar refractivity (Wildman–Crippen MR) is 68.8 cm³/mol. The third-order valence-electron chi connectivity index (χ3n) is 3.66. The first kappa shape index (κ1) is 14.5. The van der Waals surface area contributed by atoms with E-state index in [4.69, 9.17) is 0 Å². The summed E-state index contributed by atoms with van der Waals surface area (Å²) in [7, 11) is 0. The Bertz CT molecular complexity index is 229. The van der Waals surface area contributed by atoms with Crippen molar-refractivity contribution >= 4 is 5.91 Å².